The van der Waals surface area contributed by atoms with Crippen LogP contribution >= 0.6 is 11.3 Å². The summed E-state index contributed by atoms with van der Waals surface area (Å²) >= 11 is 1.75. The van der Waals surface area contributed by atoms with Crippen LogP contribution in [0.5, 0.6) is 0 Å². The van der Waals surface area contributed by atoms with E-state index in [0.29, 0.717) is 11.8 Å². The summed E-state index contributed by atoms with van der Waals surface area (Å²) < 4.78 is 0. The van der Waals surface area contributed by atoms with Crippen molar-refractivity contribution in [2.24, 2.45) is 5.92 Å². The minimum absolute atomic E-state index is 0.120. The standard InChI is InChI=1S/C26H33N5OS/c1-18(2)24-27-22-17-33-19(3)23(22)25(28-24)30-11-9-20(10-12-30)26(32)31-15-13-29(14-16-31)21-7-5-4-6-8-21/h4-8,17-18,20H,9-16H2,1-3H3. The number of nitrogens with zero attached hydrogens (tertiary/aromatic N) is 5. The van der Waals surface area contributed by atoms with Gasteiger partial charge in [0.15, 0.2) is 0 Å². The maximum absolute atomic E-state index is 13.3. The number of hydrogen-bond donors (Lipinski definition) is 0. The molecular weight excluding hydrogens is 430 g/mol. The lowest BCUT2D eigenvalue weighted by Crippen LogP contribution is -2.51. The van der Waals surface area contributed by atoms with E-state index in [1.165, 1.54) is 16.0 Å². The largest absolute Gasteiger partial charge is 0.368 e. The van der Waals surface area contributed by atoms with E-state index in [9.17, 15) is 4.79 Å². The molecule has 0 bridgehead atoms. The van der Waals surface area contributed by atoms with Crippen LogP contribution in [0, 0.1) is 12.8 Å². The Hall–Kier alpha value is -2.67. The zero-order valence-corrected chi connectivity index (χ0v) is 20.6. The smallest absolute Gasteiger partial charge is 0.225 e. The van der Waals surface area contributed by atoms with Gasteiger partial charge in [0.25, 0.3) is 0 Å². The molecule has 7 heteroatoms. The zero-order valence-electron chi connectivity index (χ0n) is 19.8. The molecule has 174 valence electrons. The SMILES string of the molecule is Cc1scc2nc(C(C)C)nc(N3CCC(C(=O)N4CCN(c5ccccc5)CC4)CC3)c12. The van der Waals surface area contributed by atoms with Crippen LogP contribution in [0.1, 0.15) is 43.3 Å². The van der Waals surface area contributed by atoms with E-state index in [1.807, 2.05) is 6.07 Å². The lowest BCUT2D eigenvalue weighted by Gasteiger charge is -2.39. The van der Waals surface area contributed by atoms with E-state index < -0.39 is 0 Å². The Morgan fingerprint density at radius 2 is 1.67 bits per heavy atom. The van der Waals surface area contributed by atoms with E-state index in [4.69, 9.17) is 9.97 Å². The maximum atomic E-state index is 13.3. The van der Waals surface area contributed by atoms with Gasteiger partial charge in [-0.2, -0.15) is 0 Å². The highest BCUT2D eigenvalue weighted by molar-refractivity contribution is 7.11. The van der Waals surface area contributed by atoms with Crippen LogP contribution < -0.4 is 9.80 Å². The predicted octanol–water partition coefficient (Wildman–Crippen LogP) is 4.69. The van der Waals surface area contributed by atoms with Crippen molar-refractivity contribution in [1.29, 1.82) is 0 Å². The van der Waals surface area contributed by atoms with Gasteiger partial charge in [-0.1, -0.05) is 32.0 Å². The molecule has 3 aromatic rings. The van der Waals surface area contributed by atoms with E-state index in [2.05, 4.69) is 65.1 Å². The molecule has 2 fully saturated rings. The number of hydrogen-bond acceptors (Lipinski definition) is 6. The van der Waals surface area contributed by atoms with Crippen LogP contribution in [0.2, 0.25) is 0 Å². The van der Waals surface area contributed by atoms with Gasteiger partial charge in [0.2, 0.25) is 5.91 Å². The predicted molar refractivity (Wildman–Crippen MR) is 136 cm³/mol. The second-order valence-corrected chi connectivity index (χ2v) is 10.6. The third kappa shape index (κ3) is 4.43. The fraction of sp³-hybridized carbons (Fsp3) is 0.500. The number of thiophene rings is 1. The lowest BCUT2D eigenvalue weighted by molar-refractivity contribution is -0.136. The summed E-state index contributed by atoms with van der Waals surface area (Å²) in [5, 5.41) is 3.33. The first-order valence-electron chi connectivity index (χ1n) is 12.1. The second kappa shape index (κ2) is 9.29. The van der Waals surface area contributed by atoms with Crippen LogP contribution in [0.3, 0.4) is 0 Å². The summed E-state index contributed by atoms with van der Waals surface area (Å²) in [6.45, 7) is 11.6. The minimum atomic E-state index is 0.120. The van der Waals surface area contributed by atoms with Crippen molar-refractivity contribution in [3.8, 4) is 0 Å². The fourth-order valence-electron chi connectivity index (χ4n) is 5.02. The van der Waals surface area contributed by atoms with Gasteiger partial charge >= 0.3 is 0 Å². The Balaban J connectivity index is 1.23. The van der Waals surface area contributed by atoms with Crippen LogP contribution in [-0.4, -0.2) is 60.0 Å². The molecule has 6 nitrogen and oxygen atoms in total. The Morgan fingerprint density at radius 1 is 0.970 bits per heavy atom. The fourth-order valence-corrected chi connectivity index (χ4v) is 5.79. The number of aromatic nitrogens is 2. The van der Waals surface area contributed by atoms with Crippen molar-refractivity contribution in [2.45, 2.75) is 39.5 Å². The number of carbonyl (C=O) groups is 1. The summed E-state index contributed by atoms with van der Waals surface area (Å²) in [5.74, 6) is 2.72. The molecule has 0 unspecified atom stereocenters. The van der Waals surface area contributed by atoms with Crippen LogP contribution in [-0.2, 0) is 4.79 Å². The van der Waals surface area contributed by atoms with Crippen molar-refractivity contribution in [2.75, 3.05) is 49.1 Å². The molecule has 1 amide bonds. The first-order chi connectivity index (χ1) is 16.0. The number of aryl methyl sites for hydroxylation is 1. The number of piperidine rings is 1. The van der Waals surface area contributed by atoms with E-state index in [0.717, 1.165) is 69.3 Å². The van der Waals surface area contributed by atoms with Crippen LogP contribution in [0.15, 0.2) is 35.7 Å². The number of piperazine rings is 1. The van der Waals surface area contributed by atoms with E-state index in [-0.39, 0.29) is 5.92 Å². The first-order valence-corrected chi connectivity index (χ1v) is 13.0. The summed E-state index contributed by atoms with van der Waals surface area (Å²) in [6.07, 6.45) is 1.78. The normalized spacial score (nSPS) is 17.9. The number of carbonyl (C=O) groups excluding carboxylic acids is 1. The van der Waals surface area contributed by atoms with Gasteiger partial charge < -0.3 is 14.7 Å². The van der Waals surface area contributed by atoms with E-state index in [1.54, 1.807) is 11.3 Å². The van der Waals surface area contributed by atoms with Gasteiger partial charge in [0, 0.05) is 67.0 Å². The highest BCUT2D eigenvalue weighted by Gasteiger charge is 2.32. The zero-order chi connectivity index (χ0) is 22.9. The van der Waals surface area contributed by atoms with Gasteiger partial charge in [0.1, 0.15) is 11.6 Å². The lowest BCUT2D eigenvalue weighted by atomic mass is 9.94. The Kier molecular flexibility index (Phi) is 6.23. The number of benzene rings is 1. The van der Waals surface area contributed by atoms with Gasteiger partial charge in [-0.05, 0) is 31.9 Å². The highest BCUT2D eigenvalue weighted by atomic mass is 32.1. The summed E-state index contributed by atoms with van der Waals surface area (Å²) in [7, 11) is 0. The number of fused-ring (bicyclic) bond motifs is 1. The number of para-hydroxylation sites is 1. The topological polar surface area (TPSA) is 52.6 Å². The molecule has 0 aliphatic carbocycles. The summed E-state index contributed by atoms with van der Waals surface area (Å²) in [5.41, 5.74) is 2.30. The third-order valence-corrected chi connectivity index (χ3v) is 7.91. The molecule has 2 aliphatic heterocycles. The highest BCUT2D eigenvalue weighted by Crippen LogP contribution is 2.35. The average molecular weight is 464 g/mol. The monoisotopic (exact) mass is 463 g/mol. The number of anilines is 2. The maximum Gasteiger partial charge on any atom is 0.225 e. The van der Waals surface area contributed by atoms with Gasteiger partial charge in [-0.25, -0.2) is 9.97 Å². The molecule has 5 rings (SSSR count). The van der Waals surface area contributed by atoms with Crippen molar-refractivity contribution in [3.63, 3.8) is 0 Å². The first kappa shape index (κ1) is 22.1. The van der Waals surface area contributed by atoms with Crippen LogP contribution in [0.4, 0.5) is 11.5 Å². The van der Waals surface area contributed by atoms with Crippen LogP contribution in [0.25, 0.3) is 10.9 Å². The Morgan fingerprint density at radius 3 is 2.33 bits per heavy atom. The molecule has 1 aromatic carbocycles. The quantitative estimate of drug-likeness (QED) is 0.562. The third-order valence-electron chi connectivity index (χ3n) is 7.01. The number of amides is 1. The van der Waals surface area contributed by atoms with Crippen molar-refractivity contribution >= 4 is 39.7 Å². The van der Waals surface area contributed by atoms with Crippen molar-refractivity contribution < 1.29 is 4.79 Å². The molecule has 0 radical (unpaired) electrons. The van der Waals surface area contributed by atoms with Crippen molar-refractivity contribution in [1.82, 2.24) is 14.9 Å². The second-order valence-electron chi connectivity index (χ2n) is 9.52. The Labute approximate surface area is 200 Å². The van der Waals surface area contributed by atoms with Gasteiger partial charge in [-0.3, -0.25) is 4.79 Å². The molecule has 0 spiro atoms. The molecule has 33 heavy (non-hydrogen) atoms. The number of rotatable bonds is 4. The molecule has 0 N–H and O–H groups in total. The van der Waals surface area contributed by atoms with Crippen molar-refractivity contribution in [3.05, 3.63) is 46.4 Å². The summed E-state index contributed by atoms with van der Waals surface area (Å²) in [6, 6.07) is 10.5. The van der Waals surface area contributed by atoms with Gasteiger partial charge in [-0.15, -0.1) is 11.3 Å². The molecule has 2 saturated heterocycles. The molecular formula is C26H33N5OS. The molecule has 0 atom stereocenters. The minimum Gasteiger partial charge on any atom is -0.368 e. The van der Waals surface area contributed by atoms with E-state index >= 15 is 0 Å². The summed E-state index contributed by atoms with van der Waals surface area (Å²) in [4.78, 5) is 31.2. The van der Waals surface area contributed by atoms with Gasteiger partial charge in [0.05, 0.1) is 10.9 Å². The molecule has 2 aliphatic rings. The molecule has 0 saturated carbocycles. The molecule has 2 aromatic heterocycles. The molecule has 4 heterocycles. The Bertz CT molecular complexity index is 1110. The average Bonchev–Trinajstić information content (AvgIpc) is 3.24.